The van der Waals surface area contributed by atoms with E-state index in [1.54, 1.807) is 0 Å². The van der Waals surface area contributed by atoms with Crippen LogP contribution >= 0.6 is 0 Å². The number of carbonyl (C=O) groups is 1. The number of amides is 1. The van der Waals surface area contributed by atoms with Crippen molar-refractivity contribution >= 4 is 5.91 Å². The minimum absolute atomic E-state index is 0.238. The van der Waals surface area contributed by atoms with Gasteiger partial charge in [0.2, 0.25) is 5.91 Å². The summed E-state index contributed by atoms with van der Waals surface area (Å²) < 4.78 is 0. The van der Waals surface area contributed by atoms with Gasteiger partial charge in [-0.05, 0) is 44.1 Å². The molecule has 1 rings (SSSR count). The van der Waals surface area contributed by atoms with Gasteiger partial charge < -0.3 is 11.1 Å². The van der Waals surface area contributed by atoms with Gasteiger partial charge in [-0.25, -0.2) is 0 Å². The van der Waals surface area contributed by atoms with E-state index >= 15 is 0 Å². The molecule has 15 heavy (non-hydrogen) atoms. The third-order valence-electron chi connectivity index (χ3n) is 3.41. The maximum Gasteiger partial charge on any atom is 0.223 e. The first-order valence-corrected chi connectivity index (χ1v) is 6.11. The van der Waals surface area contributed by atoms with E-state index in [1.807, 2.05) is 0 Å². The average Bonchev–Trinajstić information content (AvgIpc) is 2.26. The predicted molar refractivity (Wildman–Crippen MR) is 62.4 cm³/mol. The molecule has 88 valence electrons. The van der Waals surface area contributed by atoms with Crippen molar-refractivity contribution in [3.05, 3.63) is 0 Å². The summed E-state index contributed by atoms with van der Waals surface area (Å²) in [4.78, 5) is 11.8. The van der Waals surface area contributed by atoms with Crippen LogP contribution in [-0.4, -0.2) is 19.0 Å². The Morgan fingerprint density at radius 2 is 2.00 bits per heavy atom. The molecule has 3 nitrogen and oxygen atoms in total. The third kappa shape index (κ3) is 4.20. The van der Waals surface area contributed by atoms with E-state index in [2.05, 4.69) is 19.2 Å². The van der Waals surface area contributed by atoms with Crippen LogP contribution in [0.15, 0.2) is 0 Å². The Balaban J connectivity index is 2.22. The molecule has 0 aliphatic heterocycles. The second-order valence-corrected chi connectivity index (χ2v) is 5.04. The van der Waals surface area contributed by atoms with Crippen molar-refractivity contribution in [3.63, 3.8) is 0 Å². The molecule has 0 bridgehead atoms. The molecule has 0 radical (unpaired) electrons. The van der Waals surface area contributed by atoms with Crippen molar-refractivity contribution in [1.29, 1.82) is 0 Å². The number of carbonyl (C=O) groups excluding carboxylic acids is 1. The molecule has 0 aromatic rings. The first-order chi connectivity index (χ1) is 7.13. The van der Waals surface area contributed by atoms with Crippen LogP contribution in [-0.2, 0) is 4.79 Å². The van der Waals surface area contributed by atoms with E-state index in [1.165, 1.54) is 12.8 Å². The molecule has 1 unspecified atom stereocenters. The molecule has 1 amide bonds. The van der Waals surface area contributed by atoms with Crippen LogP contribution in [0.5, 0.6) is 0 Å². The van der Waals surface area contributed by atoms with Gasteiger partial charge in [0.25, 0.3) is 0 Å². The second-order valence-electron chi connectivity index (χ2n) is 5.04. The lowest BCUT2D eigenvalue weighted by atomic mass is 9.82. The van der Waals surface area contributed by atoms with E-state index in [4.69, 9.17) is 5.73 Å². The zero-order valence-electron chi connectivity index (χ0n) is 9.96. The zero-order valence-corrected chi connectivity index (χ0v) is 9.96. The van der Waals surface area contributed by atoms with Gasteiger partial charge in [0.15, 0.2) is 0 Å². The maximum atomic E-state index is 11.8. The van der Waals surface area contributed by atoms with Crippen LogP contribution in [0.2, 0.25) is 0 Å². The third-order valence-corrected chi connectivity index (χ3v) is 3.41. The number of nitrogens with two attached hydrogens (primary N) is 1. The molecular formula is C12H24N2O. The zero-order chi connectivity index (χ0) is 11.3. The summed E-state index contributed by atoms with van der Waals surface area (Å²) in [6.45, 7) is 5.69. The van der Waals surface area contributed by atoms with Crippen LogP contribution in [0, 0.1) is 17.8 Å². The highest BCUT2D eigenvalue weighted by Gasteiger charge is 2.23. The van der Waals surface area contributed by atoms with E-state index in [9.17, 15) is 4.79 Å². The second kappa shape index (κ2) is 6.11. The minimum atomic E-state index is 0.238. The largest absolute Gasteiger partial charge is 0.356 e. The molecule has 3 heteroatoms. The highest BCUT2D eigenvalue weighted by atomic mass is 16.1. The van der Waals surface area contributed by atoms with Gasteiger partial charge in [-0.2, -0.15) is 0 Å². The maximum absolute atomic E-state index is 11.8. The molecule has 0 aromatic heterocycles. The van der Waals surface area contributed by atoms with Crippen molar-refractivity contribution in [2.45, 2.75) is 39.5 Å². The Morgan fingerprint density at radius 1 is 1.40 bits per heavy atom. The molecule has 1 saturated carbocycles. The predicted octanol–water partition coefficient (Wildman–Crippen LogP) is 1.52. The summed E-state index contributed by atoms with van der Waals surface area (Å²) >= 11 is 0. The lowest BCUT2D eigenvalue weighted by molar-refractivity contribution is -0.126. The summed E-state index contributed by atoms with van der Waals surface area (Å²) in [6.07, 6.45) is 4.52. The lowest BCUT2D eigenvalue weighted by Crippen LogP contribution is -2.36. The first-order valence-electron chi connectivity index (χ1n) is 6.11. The summed E-state index contributed by atoms with van der Waals surface area (Å²) in [5, 5.41) is 3.00. The molecule has 0 saturated heterocycles. The summed E-state index contributed by atoms with van der Waals surface area (Å²) in [6, 6.07) is 0. The fraction of sp³-hybridized carbons (Fsp3) is 0.917. The van der Waals surface area contributed by atoms with Crippen molar-refractivity contribution in [3.8, 4) is 0 Å². The molecule has 1 fully saturated rings. The lowest BCUT2D eigenvalue weighted by Gasteiger charge is -2.25. The topological polar surface area (TPSA) is 55.1 Å². The van der Waals surface area contributed by atoms with E-state index in [0.29, 0.717) is 12.5 Å². The molecular weight excluding hydrogens is 188 g/mol. The first kappa shape index (κ1) is 12.5. The van der Waals surface area contributed by atoms with Crippen LogP contribution < -0.4 is 11.1 Å². The van der Waals surface area contributed by atoms with Crippen LogP contribution in [0.4, 0.5) is 0 Å². The van der Waals surface area contributed by atoms with Gasteiger partial charge in [0, 0.05) is 12.5 Å². The Hall–Kier alpha value is -0.570. The standard InChI is InChI=1S/C12H24N2O/c1-9-3-5-11(6-4-9)12(15)14-8-10(2)7-13/h9-11H,3-8,13H2,1-2H3,(H,14,15). The Labute approximate surface area is 92.8 Å². The van der Waals surface area contributed by atoms with Crippen molar-refractivity contribution in [2.24, 2.45) is 23.5 Å². The molecule has 1 aliphatic rings. The van der Waals surface area contributed by atoms with Gasteiger partial charge >= 0.3 is 0 Å². The monoisotopic (exact) mass is 212 g/mol. The molecule has 1 aliphatic carbocycles. The SMILES string of the molecule is CC1CCC(C(=O)NCC(C)CN)CC1. The van der Waals surface area contributed by atoms with Crippen LogP contribution in [0.25, 0.3) is 0 Å². The van der Waals surface area contributed by atoms with Gasteiger partial charge in [-0.1, -0.05) is 13.8 Å². The molecule has 0 spiro atoms. The highest BCUT2D eigenvalue weighted by Crippen LogP contribution is 2.28. The summed E-state index contributed by atoms with van der Waals surface area (Å²) in [5.41, 5.74) is 5.50. The van der Waals surface area contributed by atoms with Crippen LogP contribution in [0.3, 0.4) is 0 Å². The number of nitrogens with one attached hydrogen (secondary N) is 1. The quantitative estimate of drug-likeness (QED) is 0.742. The van der Waals surface area contributed by atoms with Gasteiger partial charge in [-0.15, -0.1) is 0 Å². The smallest absolute Gasteiger partial charge is 0.223 e. The minimum Gasteiger partial charge on any atom is -0.356 e. The Bertz CT molecular complexity index is 198. The Kier molecular flexibility index (Phi) is 5.09. The van der Waals surface area contributed by atoms with Gasteiger partial charge in [0.05, 0.1) is 0 Å². The van der Waals surface area contributed by atoms with Crippen molar-refractivity contribution in [2.75, 3.05) is 13.1 Å². The van der Waals surface area contributed by atoms with Crippen molar-refractivity contribution in [1.82, 2.24) is 5.32 Å². The van der Waals surface area contributed by atoms with E-state index in [-0.39, 0.29) is 11.8 Å². The highest BCUT2D eigenvalue weighted by molar-refractivity contribution is 5.78. The molecule has 0 heterocycles. The van der Waals surface area contributed by atoms with E-state index in [0.717, 1.165) is 25.3 Å². The van der Waals surface area contributed by atoms with Crippen LogP contribution in [0.1, 0.15) is 39.5 Å². The summed E-state index contributed by atoms with van der Waals surface area (Å²) in [7, 11) is 0. The van der Waals surface area contributed by atoms with Gasteiger partial charge in [0.1, 0.15) is 0 Å². The molecule has 0 aromatic carbocycles. The van der Waals surface area contributed by atoms with Crippen molar-refractivity contribution < 1.29 is 4.79 Å². The fourth-order valence-corrected chi connectivity index (χ4v) is 2.02. The number of hydrogen-bond donors (Lipinski definition) is 2. The van der Waals surface area contributed by atoms with Gasteiger partial charge in [-0.3, -0.25) is 4.79 Å². The Morgan fingerprint density at radius 3 is 2.53 bits per heavy atom. The fourth-order valence-electron chi connectivity index (χ4n) is 2.02. The summed E-state index contributed by atoms with van der Waals surface area (Å²) in [5.74, 6) is 1.68. The molecule has 3 N–H and O–H groups in total. The van der Waals surface area contributed by atoms with E-state index < -0.39 is 0 Å². The normalized spacial score (nSPS) is 28.5. The number of hydrogen-bond acceptors (Lipinski definition) is 2. The molecule has 1 atom stereocenters. The average molecular weight is 212 g/mol. The number of rotatable bonds is 4.